The van der Waals surface area contributed by atoms with E-state index in [1.165, 1.54) is 0 Å². The maximum Gasteiger partial charge on any atom is 0.224 e. The van der Waals surface area contributed by atoms with Crippen LogP contribution in [0, 0.1) is 0 Å². The number of guanidine groups is 1. The lowest BCUT2D eigenvalue weighted by Crippen LogP contribution is -2.40. The quantitative estimate of drug-likeness (QED) is 0.320. The smallest absolute Gasteiger partial charge is 0.224 e. The van der Waals surface area contributed by atoms with Gasteiger partial charge in [0, 0.05) is 37.1 Å². The molecule has 0 aliphatic heterocycles. The van der Waals surface area contributed by atoms with E-state index in [2.05, 4.69) is 31.6 Å². The van der Waals surface area contributed by atoms with Gasteiger partial charge in [0.05, 0.1) is 6.54 Å². The molecule has 0 aliphatic carbocycles. The van der Waals surface area contributed by atoms with Crippen molar-refractivity contribution in [2.24, 2.45) is 4.99 Å². The van der Waals surface area contributed by atoms with E-state index in [4.69, 9.17) is 0 Å². The molecule has 1 rings (SSSR count). The van der Waals surface area contributed by atoms with Crippen molar-refractivity contribution in [2.75, 3.05) is 26.2 Å². The van der Waals surface area contributed by atoms with Crippen LogP contribution in [-0.4, -0.2) is 42.9 Å². The first kappa shape index (κ1) is 23.2. The van der Waals surface area contributed by atoms with Crippen molar-refractivity contribution in [3.63, 3.8) is 0 Å². The van der Waals surface area contributed by atoms with Gasteiger partial charge in [0.2, 0.25) is 5.91 Å². The zero-order valence-corrected chi connectivity index (χ0v) is 18.6. The zero-order chi connectivity index (χ0) is 17.1. The van der Waals surface area contributed by atoms with Gasteiger partial charge in [-0.15, -0.1) is 24.0 Å². The maximum absolute atomic E-state index is 12.0. The molecule has 1 amide bonds. The van der Waals surface area contributed by atoms with Crippen LogP contribution in [0.5, 0.6) is 0 Å². The number of amides is 1. The van der Waals surface area contributed by atoms with E-state index in [-0.39, 0.29) is 29.9 Å². The van der Waals surface area contributed by atoms with E-state index in [1.54, 1.807) is 0 Å². The molecule has 0 heterocycles. The zero-order valence-electron chi connectivity index (χ0n) is 14.6. The van der Waals surface area contributed by atoms with Crippen molar-refractivity contribution < 1.29 is 4.79 Å². The average molecular weight is 511 g/mol. The van der Waals surface area contributed by atoms with Gasteiger partial charge in [0.15, 0.2) is 5.96 Å². The number of rotatable bonds is 8. The van der Waals surface area contributed by atoms with Crippen LogP contribution in [0.2, 0.25) is 0 Å². The lowest BCUT2D eigenvalue weighted by atomic mass is 10.2. The van der Waals surface area contributed by atoms with Crippen molar-refractivity contribution in [2.45, 2.75) is 33.7 Å². The monoisotopic (exact) mass is 510 g/mol. The van der Waals surface area contributed by atoms with Crippen LogP contribution in [0.15, 0.2) is 33.7 Å². The number of nitrogens with one attached hydrogen (secondary N) is 2. The van der Waals surface area contributed by atoms with Gasteiger partial charge in [0.1, 0.15) is 0 Å². The largest absolute Gasteiger partial charge is 0.357 e. The standard InChI is InChI=1S/C17H27BrN4O.HI/c1-4-19-17(20-12-11-16(23)22(5-2)6-3)21-13-14-7-9-15(18)10-8-14;/h7-10H,4-6,11-13H2,1-3H3,(H2,19,20,21);1H. The second-order valence-electron chi connectivity index (χ2n) is 5.06. The summed E-state index contributed by atoms with van der Waals surface area (Å²) < 4.78 is 1.06. The molecule has 1 aromatic rings. The summed E-state index contributed by atoms with van der Waals surface area (Å²) in [6.07, 6.45) is 0.477. The number of nitrogens with zero attached hydrogens (tertiary/aromatic N) is 2. The minimum Gasteiger partial charge on any atom is -0.357 e. The summed E-state index contributed by atoms with van der Waals surface area (Å²) in [6.45, 7) is 9.51. The highest BCUT2D eigenvalue weighted by molar-refractivity contribution is 14.0. The summed E-state index contributed by atoms with van der Waals surface area (Å²) in [4.78, 5) is 18.4. The third-order valence-corrected chi connectivity index (χ3v) is 3.95. The van der Waals surface area contributed by atoms with Gasteiger partial charge in [-0.3, -0.25) is 4.79 Å². The Hall–Kier alpha value is -0.830. The highest BCUT2D eigenvalue weighted by atomic mass is 127. The lowest BCUT2D eigenvalue weighted by Gasteiger charge is -2.19. The van der Waals surface area contributed by atoms with Crippen LogP contribution in [0.3, 0.4) is 0 Å². The SMILES string of the molecule is CCNC(=NCc1ccc(Br)cc1)NCCC(=O)N(CC)CC.I. The summed E-state index contributed by atoms with van der Waals surface area (Å²) in [5.74, 6) is 0.911. The molecule has 2 N–H and O–H groups in total. The lowest BCUT2D eigenvalue weighted by molar-refractivity contribution is -0.130. The van der Waals surface area contributed by atoms with Crippen LogP contribution in [-0.2, 0) is 11.3 Å². The number of aliphatic imine (C=N–C) groups is 1. The van der Waals surface area contributed by atoms with Crippen molar-refractivity contribution in [3.8, 4) is 0 Å². The Morgan fingerprint density at radius 1 is 1.12 bits per heavy atom. The summed E-state index contributed by atoms with van der Waals surface area (Å²) >= 11 is 3.43. The van der Waals surface area contributed by atoms with Crippen LogP contribution in [0.25, 0.3) is 0 Å². The molecule has 0 fully saturated rings. The Morgan fingerprint density at radius 2 is 1.75 bits per heavy atom. The Bertz CT molecular complexity index is 504. The van der Waals surface area contributed by atoms with E-state index in [9.17, 15) is 4.79 Å². The average Bonchev–Trinajstić information content (AvgIpc) is 2.55. The number of hydrogen-bond donors (Lipinski definition) is 2. The molecular weight excluding hydrogens is 483 g/mol. The summed E-state index contributed by atoms with van der Waals surface area (Å²) in [5.41, 5.74) is 1.14. The molecule has 0 atom stereocenters. The minimum atomic E-state index is 0. The molecule has 0 saturated carbocycles. The van der Waals surface area contributed by atoms with E-state index in [0.29, 0.717) is 19.5 Å². The van der Waals surface area contributed by atoms with Crippen molar-refractivity contribution in [1.82, 2.24) is 15.5 Å². The fraction of sp³-hybridized carbons (Fsp3) is 0.529. The molecule has 7 heteroatoms. The van der Waals surface area contributed by atoms with Gasteiger partial charge in [-0.05, 0) is 38.5 Å². The predicted molar refractivity (Wildman–Crippen MR) is 115 cm³/mol. The van der Waals surface area contributed by atoms with E-state index in [1.807, 2.05) is 49.9 Å². The van der Waals surface area contributed by atoms with Gasteiger partial charge in [-0.1, -0.05) is 28.1 Å². The highest BCUT2D eigenvalue weighted by Gasteiger charge is 2.09. The summed E-state index contributed by atoms with van der Waals surface area (Å²) in [5, 5.41) is 6.42. The van der Waals surface area contributed by atoms with E-state index in [0.717, 1.165) is 35.6 Å². The summed E-state index contributed by atoms with van der Waals surface area (Å²) in [6, 6.07) is 8.10. The van der Waals surface area contributed by atoms with Gasteiger partial charge in [-0.25, -0.2) is 4.99 Å². The number of halogens is 2. The normalized spacial score (nSPS) is 10.8. The van der Waals surface area contributed by atoms with Gasteiger partial charge < -0.3 is 15.5 Å². The maximum atomic E-state index is 12.0. The Balaban J connectivity index is 0.00000529. The molecule has 5 nitrogen and oxygen atoms in total. The first-order valence-corrected chi connectivity index (χ1v) is 8.94. The van der Waals surface area contributed by atoms with Crippen LogP contribution in [0.1, 0.15) is 32.8 Å². The molecule has 0 spiro atoms. The van der Waals surface area contributed by atoms with Crippen molar-refractivity contribution in [1.29, 1.82) is 0 Å². The first-order chi connectivity index (χ1) is 11.1. The third kappa shape index (κ3) is 8.86. The van der Waals surface area contributed by atoms with E-state index >= 15 is 0 Å². The number of benzene rings is 1. The molecule has 24 heavy (non-hydrogen) atoms. The van der Waals surface area contributed by atoms with Crippen LogP contribution >= 0.6 is 39.9 Å². The van der Waals surface area contributed by atoms with Crippen molar-refractivity contribution in [3.05, 3.63) is 34.3 Å². The van der Waals surface area contributed by atoms with Crippen molar-refractivity contribution >= 4 is 51.8 Å². The minimum absolute atomic E-state index is 0. The summed E-state index contributed by atoms with van der Waals surface area (Å²) in [7, 11) is 0. The van der Waals surface area contributed by atoms with Gasteiger partial charge in [0.25, 0.3) is 0 Å². The Labute approximate surface area is 170 Å². The molecule has 136 valence electrons. The number of carbonyl (C=O) groups excluding carboxylic acids is 1. The Morgan fingerprint density at radius 3 is 2.29 bits per heavy atom. The third-order valence-electron chi connectivity index (χ3n) is 3.42. The van der Waals surface area contributed by atoms with E-state index < -0.39 is 0 Å². The molecule has 0 aromatic heterocycles. The van der Waals surface area contributed by atoms with Gasteiger partial charge in [-0.2, -0.15) is 0 Å². The van der Waals surface area contributed by atoms with Gasteiger partial charge >= 0.3 is 0 Å². The predicted octanol–water partition coefficient (Wildman–Crippen LogP) is 3.38. The Kier molecular flexibility index (Phi) is 13.0. The molecule has 0 radical (unpaired) electrons. The fourth-order valence-electron chi connectivity index (χ4n) is 2.12. The molecule has 0 bridgehead atoms. The van der Waals surface area contributed by atoms with Crippen LogP contribution in [0.4, 0.5) is 0 Å². The molecule has 0 unspecified atom stereocenters. The highest BCUT2D eigenvalue weighted by Crippen LogP contribution is 2.11. The second-order valence-corrected chi connectivity index (χ2v) is 5.98. The molecule has 0 saturated heterocycles. The second kappa shape index (κ2) is 13.5. The molecule has 1 aromatic carbocycles. The first-order valence-electron chi connectivity index (χ1n) is 8.15. The fourth-order valence-corrected chi connectivity index (χ4v) is 2.39. The number of hydrogen-bond acceptors (Lipinski definition) is 2. The number of carbonyl (C=O) groups is 1. The topological polar surface area (TPSA) is 56.7 Å². The molecular formula is C17H28BrIN4O. The van der Waals surface area contributed by atoms with Crippen LogP contribution < -0.4 is 10.6 Å². The molecule has 0 aliphatic rings.